The van der Waals surface area contributed by atoms with Gasteiger partial charge in [-0.1, -0.05) is 25.9 Å². The van der Waals surface area contributed by atoms with Crippen LogP contribution in [0.5, 0.6) is 0 Å². The van der Waals surface area contributed by atoms with Gasteiger partial charge in [-0.15, -0.1) is 0 Å². The summed E-state index contributed by atoms with van der Waals surface area (Å²) in [6, 6.07) is 1.52. The first-order valence-corrected chi connectivity index (χ1v) is 7.06. The average Bonchev–Trinajstić information content (AvgIpc) is 2.98. The molecule has 0 saturated carbocycles. The monoisotopic (exact) mass is 279 g/mol. The minimum absolute atomic E-state index is 0.0974. The van der Waals surface area contributed by atoms with Crippen LogP contribution in [-0.4, -0.2) is 41.0 Å². The van der Waals surface area contributed by atoms with Crippen molar-refractivity contribution in [1.29, 1.82) is 0 Å². The van der Waals surface area contributed by atoms with Gasteiger partial charge in [-0.05, 0) is 6.42 Å². The molecule has 0 radical (unpaired) electrons. The lowest BCUT2D eigenvalue weighted by Crippen LogP contribution is -2.37. The van der Waals surface area contributed by atoms with Crippen LogP contribution in [0.3, 0.4) is 0 Å². The molecule has 1 aliphatic rings. The molecule has 1 saturated heterocycles. The van der Waals surface area contributed by atoms with Gasteiger partial charge in [0.05, 0.1) is 6.04 Å². The van der Waals surface area contributed by atoms with Crippen LogP contribution >= 0.6 is 0 Å². The first-order valence-electron chi connectivity index (χ1n) is 7.06. The lowest BCUT2D eigenvalue weighted by molar-refractivity contribution is -0.127. The molecule has 1 fully saturated rings. The Hall–Kier alpha value is -1.85. The van der Waals surface area contributed by atoms with Gasteiger partial charge in [0.25, 0.3) is 5.91 Å². The molecule has 1 N–H and O–H groups in total. The zero-order chi connectivity index (χ0) is 14.7. The van der Waals surface area contributed by atoms with Gasteiger partial charge in [0.2, 0.25) is 5.91 Å². The number of nitrogens with one attached hydrogen (secondary N) is 1. The minimum atomic E-state index is -0.281. The molecule has 20 heavy (non-hydrogen) atoms. The van der Waals surface area contributed by atoms with Crippen molar-refractivity contribution in [3.05, 3.63) is 17.5 Å². The van der Waals surface area contributed by atoms with E-state index in [4.69, 9.17) is 4.52 Å². The molecule has 0 spiro atoms. The molecule has 1 aromatic rings. The smallest absolute Gasteiger partial charge is 0.273 e. The fraction of sp³-hybridized carbons (Fsp3) is 0.643. The summed E-state index contributed by atoms with van der Waals surface area (Å²) >= 11 is 0. The van der Waals surface area contributed by atoms with Crippen LogP contribution < -0.4 is 5.32 Å². The molecular formula is C14H21N3O3. The maximum Gasteiger partial charge on any atom is 0.273 e. The molecule has 0 unspecified atom stereocenters. The van der Waals surface area contributed by atoms with E-state index in [0.717, 1.165) is 13.0 Å². The van der Waals surface area contributed by atoms with Gasteiger partial charge in [-0.3, -0.25) is 9.59 Å². The third-order valence-electron chi connectivity index (χ3n) is 3.37. The van der Waals surface area contributed by atoms with Crippen molar-refractivity contribution in [1.82, 2.24) is 15.4 Å². The Balaban J connectivity index is 1.93. The number of carbonyl (C=O) groups excluding carboxylic acids is 2. The molecule has 0 aromatic carbocycles. The Labute approximate surface area is 118 Å². The maximum atomic E-state index is 12.0. The molecule has 2 amide bonds. The molecule has 2 heterocycles. The average molecular weight is 279 g/mol. The lowest BCUT2D eigenvalue weighted by atomic mass is 10.1. The van der Waals surface area contributed by atoms with Crippen LogP contribution in [0.1, 0.15) is 55.8 Å². The SMILES string of the molecule is CCCN1C[C@H](NC(=O)c2cc(C(C)C)on2)CC1=O. The van der Waals surface area contributed by atoms with E-state index in [1.807, 2.05) is 20.8 Å². The topological polar surface area (TPSA) is 75.4 Å². The summed E-state index contributed by atoms with van der Waals surface area (Å²) in [5.41, 5.74) is 0.273. The van der Waals surface area contributed by atoms with Gasteiger partial charge >= 0.3 is 0 Å². The van der Waals surface area contributed by atoms with Crippen LogP contribution in [0.25, 0.3) is 0 Å². The normalized spacial score (nSPS) is 18.9. The van der Waals surface area contributed by atoms with E-state index in [0.29, 0.717) is 18.7 Å². The molecule has 1 atom stereocenters. The molecule has 1 aliphatic heterocycles. The van der Waals surface area contributed by atoms with Gasteiger partial charge in [0.15, 0.2) is 5.69 Å². The van der Waals surface area contributed by atoms with Crippen LogP contribution in [0.2, 0.25) is 0 Å². The number of likely N-dealkylation sites (tertiary alicyclic amines) is 1. The van der Waals surface area contributed by atoms with Crippen molar-refractivity contribution < 1.29 is 14.1 Å². The van der Waals surface area contributed by atoms with Crippen molar-refractivity contribution in [3.8, 4) is 0 Å². The highest BCUT2D eigenvalue weighted by Gasteiger charge is 2.30. The second kappa shape index (κ2) is 6.07. The first-order chi connectivity index (χ1) is 9.51. The Kier molecular flexibility index (Phi) is 4.42. The van der Waals surface area contributed by atoms with Gasteiger partial charge in [-0.25, -0.2) is 0 Å². The summed E-state index contributed by atoms with van der Waals surface area (Å²) in [5.74, 6) is 0.694. The van der Waals surface area contributed by atoms with Crippen molar-refractivity contribution in [2.24, 2.45) is 0 Å². The van der Waals surface area contributed by atoms with E-state index in [1.54, 1.807) is 11.0 Å². The predicted octanol–water partition coefficient (Wildman–Crippen LogP) is 1.54. The van der Waals surface area contributed by atoms with E-state index >= 15 is 0 Å². The second-order valence-electron chi connectivity index (χ2n) is 5.48. The van der Waals surface area contributed by atoms with Crippen LogP contribution in [-0.2, 0) is 4.79 Å². The molecule has 0 aliphatic carbocycles. The number of hydrogen-bond donors (Lipinski definition) is 1. The highest BCUT2D eigenvalue weighted by molar-refractivity contribution is 5.93. The van der Waals surface area contributed by atoms with Gasteiger partial charge in [-0.2, -0.15) is 0 Å². The number of nitrogens with zero attached hydrogens (tertiary/aromatic N) is 2. The maximum absolute atomic E-state index is 12.0. The molecule has 1 aromatic heterocycles. The lowest BCUT2D eigenvalue weighted by Gasteiger charge is -2.15. The Bertz CT molecular complexity index is 496. The molecule has 110 valence electrons. The number of amides is 2. The molecule has 0 bridgehead atoms. The van der Waals surface area contributed by atoms with Crippen molar-refractivity contribution in [2.45, 2.75) is 45.6 Å². The standard InChI is InChI=1S/C14H21N3O3/c1-4-5-17-8-10(6-13(17)18)15-14(19)11-7-12(9(2)3)20-16-11/h7,9-10H,4-6,8H2,1-3H3,(H,15,19)/t10-/m1/s1. The second-order valence-corrected chi connectivity index (χ2v) is 5.48. The van der Waals surface area contributed by atoms with Gasteiger partial charge in [0, 0.05) is 31.5 Å². The van der Waals surface area contributed by atoms with Crippen LogP contribution in [0.4, 0.5) is 0 Å². The Morgan fingerprint density at radius 2 is 2.35 bits per heavy atom. The number of hydrogen-bond acceptors (Lipinski definition) is 4. The summed E-state index contributed by atoms with van der Waals surface area (Å²) in [7, 11) is 0. The fourth-order valence-corrected chi connectivity index (χ4v) is 2.28. The number of aromatic nitrogens is 1. The zero-order valence-electron chi connectivity index (χ0n) is 12.2. The van der Waals surface area contributed by atoms with Crippen LogP contribution in [0, 0.1) is 0 Å². The molecule has 2 rings (SSSR count). The Morgan fingerprint density at radius 3 is 2.95 bits per heavy atom. The third kappa shape index (κ3) is 3.18. The van der Waals surface area contributed by atoms with E-state index in [-0.39, 0.29) is 29.5 Å². The molecular weight excluding hydrogens is 258 g/mol. The van der Waals surface area contributed by atoms with E-state index in [2.05, 4.69) is 10.5 Å². The summed E-state index contributed by atoms with van der Waals surface area (Å²) in [6.45, 7) is 7.29. The highest BCUT2D eigenvalue weighted by atomic mass is 16.5. The van der Waals surface area contributed by atoms with E-state index in [9.17, 15) is 9.59 Å². The summed E-state index contributed by atoms with van der Waals surface area (Å²) in [5, 5.41) is 6.61. The highest BCUT2D eigenvalue weighted by Crippen LogP contribution is 2.16. The summed E-state index contributed by atoms with van der Waals surface area (Å²) in [6.07, 6.45) is 1.29. The van der Waals surface area contributed by atoms with E-state index in [1.165, 1.54) is 0 Å². The molecule has 6 heteroatoms. The predicted molar refractivity (Wildman–Crippen MR) is 73.3 cm³/mol. The van der Waals surface area contributed by atoms with Crippen molar-refractivity contribution in [3.63, 3.8) is 0 Å². The zero-order valence-corrected chi connectivity index (χ0v) is 12.2. The Morgan fingerprint density at radius 1 is 1.60 bits per heavy atom. The van der Waals surface area contributed by atoms with Crippen LogP contribution in [0.15, 0.2) is 10.6 Å². The fourth-order valence-electron chi connectivity index (χ4n) is 2.28. The number of rotatable bonds is 5. The van der Waals surface area contributed by atoms with E-state index < -0.39 is 0 Å². The third-order valence-corrected chi connectivity index (χ3v) is 3.37. The number of carbonyl (C=O) groups is 2. The quantitative estimate of drug-likeness (QED) is 0.887. The first kappa shape index (κ1) is 14.6. The van der Waals surface area contributed by atoms with Gasteiger partial charge < -0.3 is 14.7 Å². The van der Waals surface area contributed by atoms with Crippen molar-refractivity contribution in [2.75, 3.05) is 13.1 Å². The molecule has 6 nitrogen and oxygen atoms in total. The summed E-state index contributed by atoms with van der Waals surface area (Å²) in [4.78, 5) is 25.6. The largest absolute Gasteiger partial charge is 0.360 e. The van der Waals surface area contributed by atoms with Crippen molar-refractivity contribution >= 4 is 11.8 Å². The summed E-state index contributed by atoms with van der Waals surface area (Å²) < 4.78 is 5.10. The minimum Gasteiger partial charge on any atom is -0.360 e. The van der Waals surface area contributed by atoms with Gasteiger partial charge in [0.1, 0.15) is 5.76 Å².